The minimum atomic E-state index is -0.573. The Morgan fingerprint density at radius 3 is 2.62 bits per heavy atom. The summed E-state index contributed by atoms with van der Waals surface area (Å²) in [5, 5.41) is 9.30. The molecule has 1 aliphatic heterocycles. The van der Waals surface area contributed by atoms with Crippen molar-refractivity contribution in [3.05, 3.63) is 53.7 Å². The zero-order valence-electron chi connectivity index (χ0n) is 25.0. The first-order valence-corrected chi connectivity index (χ1v) is 15.1. The second kappa shape index (κ2) is 9.78. The van der Waals surface area contributed by atoms with E-state index in [1.807, 2.05) is 37.9 Å². The van der Waals surface area contributed by atoms with Crippen molar-refractivity contribution in [2.24, 2.45) is 11.8 Å². The highest BCUT2D eigenvalue weighted by molar-refractivity contribution is 5.96. The van der Waals surface area contributed by atoms with Crippen LogP contribution in [0.1, 0.15) is 62.4 Å². The lowest BCUT2D eigenvalue weighted by Crippen LogP contribution is -2.46. The monoisotopic (exact) mass is 569 g/mol. The Kier molecular flexibility index (Phi) is 6.26. The molecule has 9 heteroatoms. The minimum Gasteiger partial charge on any atom is -0.494 e. The molecule has 0 radical (unpaired) electrons. The van der Waals surface area contributed by atoms with E-state index in [0.29, 0.717) is 23.8 Å². The molecule has 42 heavy (non-hydrogen) atoms. The van der Waals surface area contributed by atoms with E-state index in [9.17, 15) is 9.59 Å². The number of hydrogen-bond donors (Lipinski definition) is 1. The Morgan fingerprint density at radius 2 is 1.88 bits per heavy atom. The van der Waals surface area contributed by atoms with Gasteiger partial charge in [-0.15, -0.1) is 0 Å². The van der Waals surface area contributed by atoms with Crippen LogP contribution in [0.4, 0.5) is 4.79 Å². The van der Waals surface area contributed by atoms with Gasteiger partial charge in [0.15, 0.2) is 0 Å². The Bertz CT molecular complexity index is 1710. The van der Waals surface area contributed by atoms with Gasteiger partial charge in [-0.1, -0.05) is 18.2 Å². The van der Waals surface area contributed by atoms with Crippen LogP contribution >= 0.6 is 0 Å². The normalized spacial score (nSPS) is 21.8. The molecule has 9 nitrogen and oxygen atoms in total. The number of nitrogens with one attached hydrogen (secondary N) is 1. The van der Waals surface area contributed by atoms with Gasteiger partial charge in [0.1, 0.15) is 22.6 Å². The van der Waals surface area contributed by atoms with Crippen LogP contribution in [0.25, 0.3) is 27.8 Å². The van der Waals surface area contributed by atoms with E-state index in [2.05, 4.69) is 47.1 Å². The number of aryl methyl sites for hydroxylation is 1. The fraction of sp³-hybridized carbons (Fsp3) is 0.485. The van der Waals surface area contributed by atoms with Gasteiger partial charge < -0.3 is 24.3 Å². The number of carbonyl (C=O) groups is 2. The molecule has 3 atom stereocenters. The molecule has 1 aromatic carbocycles. The van der Waals surface area contributed by atoms with Crippen LogP contribution in [-0.4, -0.2) is 62.4 Å². The Balaban J connectivity index is 1.22. The number of pyridine rings is 1. The predicted molar refractivity (Wildman–Crippen MR) is 161 cm³/mol. The van der Waals surface area contributed by atoms with E-state index in [1.165, 1.54) is 23.7 Å². The molecule has 0 spiro atoms. The summed E-state index contributed by atoms with van der Waals surface area (Å²) in [7, 11) is 1.64. The molecule has 3 aliphatic rings. The summed E-state index contributed by atoms with van der Waals surface area (Å²) in [5.41, 5.74) is 5.04. The predicted octanol–water partition coefficient (Wildman–Crippen LogP) is 5.81. The fourth-order valence-corrected chi connectivity index (χ4v) is 7.02. The van der Waals surface area contributed by atoms with Crippen LogP contribution < -0.4 is 10.1 Å². The van der Waals surface area contributed by atoms with Crippen molar-refractivity contribution in [1.82, 2.24) is 24.4 Å². The van der Waals surface area contributed by atoms with Crippen molar-refractivity contribution >= 4 is 28.4 Å². The van der Waals surface area contributed by atoms with Crippen LogP contribution in [0.15, 0.2) is 42.6 Å². The zero-order valence-corrected chi connectivity index (χ0v) is 25.0. The topological polar surface area (TPSA) is 90.1 Å². The molecule has 4 heterocycles. The number of likely N-dealkylation sites (tertiary alicyclic amines) is 1. The van der Waals surface area contributed by atoms with Crippen LogP contribution in [0.5, 0.6) is 5.75 Å². The molecular weight excluding hydrogens is 530 g/mol. The summed E-state index contributed by atoms with van der Waals surface area (Å²) in [5.74, 6) is 1.47. The van der Waals surface area contributed by atoms with Gasteiger partial charge in [0.2, 0.25) is 0 Å². The number of benzene rings is 1. The third-order valence-corrected chi connectivity index (χ3v) is 9.12. The number of piperidine rings is 1. The van der Waals surface area contributed by atoms with Crippen molar-refractivity contribution in [3.63, 3.8) is 0 Å². The standard InChI is InChI=1S/C33H39N5O4/c1-19-28(26-14-21-8-6-7-9-24(21)36(26)16-20-10-11-20)35-38-18-23(15-27(41-5)30(19)38)31(39)37-17-22-12-13-25(37)29(22)34-32(40)42-33(2,3)4/h6-9,14-15,18,20,22,25,29H,10-13,16-17H2,1-5H3,(H,34,40)/t22?,25?,29-/m1/s1. The maximum absolute atomic E-state index is 14.0. The van der Waals surface area contributed by atoms with E-state index >= 15 is 0 Å². The van der Waals surface area contributed by atoms with E-state index in [1.54, 1.807) is 11.6 Å². The first-order valence-electron chi connectivity index (χ1n) is 15.1. The van der Waals surface area contributed by atoms with Gasteiger partial charge in [-0.25, -0.2) is 9.31 Å². The fourth-order valence-electron chi connectivity index (χ4n) is 7.02. The number of nitrogens with zero attached hydrogens (tertiary/aromatic N) is 4. The number of hydrogen-bond acceptors (Lipinski definition) is 5. The SMILES string of the molecule is COc1cc(C(=O)N2CC3CCC2[C@@H]3NC(=O)OC(C)(C)C)cn2nc(-c3cc4ccccc4n3CC3CC3)c(C)c12. The van der Waals surface area contributed by atoms with E-state index in [0.717, 1.165) is 41.9 Å². The molecule has 2 saturated carbocycles. The Hall–Kier alpha value is -4.01. The molecule has 2 amide bonds. The number of carbonyl (C=O) groups excluding carboxylic acids is 2. The quantitative estimate of drug-likeness (QED) is 0.317. The van der Waals surface area contributed by atoms with Gasteiger partial charge in [0.05, 0.1) is 30.5 Å². The lowest BCUT2D eigenvalue weighted by Gasteiger charge is -2.28. The van der Waals surface area contributed by atoms with Crippen LogP contribution in [-0.2, 0) is 11.3 Å². The van der Waals surface area contributed by atoms with Crippen molar-refractivity contribution in [2.45, 2.75) is 77.6 Å². The smallest absolute Gasteiger partial charge is 0.407 e. The summed E-state index contributed by atoms with van der Waals surface area (Å²) in [4.78, 5) is 28.4. The maximum Gasteiger partial charge on any atom is 0.407 e. The van der Waals surface area contributed by atoms with Crippen LogP contribution in [0.3, 0.4) is 0 Å². The van der Waals surface area contributed by atoms with E-state index < -0.39 is 11.7 Å². The summed E-state index contributed by atoms with van der Waals surface area (Å²) in [6.07, 6.45) is 5.76. The molecule has 220 valence electrons. The molecule has 3 fully saturated rings. The number of alkyl carbamates (subject to hydrolysis) is 1. The van der Waals surface area contributed by atoms with E-state index in [4.69, 9.17) is 14.6 Å². The van der Waals surface area contributed by atoms with Gasteiger partial charge in [0.25, 0.3) is 5.91 Å². The second-order valence-electron chi connectivity index (χ2n) is 13.2. The zero-order chi connectivity index (χ0) is 29.3. The molecule has 3 aromatic heterocycles. The van der Waals surface area contributed by atoms with Gasteiger partial charge in [0, 0.05) is 35.8 Å². The van der Waals surface area contributed by atoms with Gasteiger partial charge >= 0.3 is 6.09 Å². The third-order valence-electron chi connectivity index (χ3n) is 9.12. The average Bonchev–Trinajstić information content (AvgIpc) is 3.29. The number of aromatic nitrogens is 3. The first-order chi connectivity index (χ1) is 20.1. The number of amides is 2. The van der Waals surface area contributed by atoms with Gasteiger partial charge in [-0.2, -0.15) is 5.10 Å². The number of methoxy groups -OCH3 is 1. The Morgan fingerprint density at radius 1 is 1.10 bits per heavy atom. The van der Waals surface area contributed by atoms with Gasteiger partial charge in [-0.05, 0) is 83.4 Å². The second-order valence-corrected chi connectivity index (χ2v) is 13.2. The lowest BCUT2D eigenvalue weighted by molar-refractivity contribution is 0.0485. The molecule has 2 bridgehead atoms. The number of para-hydroxylation sites is 1. The van der Waals surface area contributed by atoms with Crippen molar-refractivity contribution < 1.29 is 19.1 Å². The van der Waals surface area contributed by atoms with Crippen molar-refractivity contribution in [3.8, 4) is 17.1 Å². The van der Waals surface area contributed by atoms with Gasteiger partial charge in [-0.3, -0.25) is 4.79 Å². The summed E-state index contributed by atoms with van der Waals surface area (Å²) in [6.45, 7) is 9.22. The maximum atomic E-state index is 14.0. The molecular formula is C33H39N5O4. The number of ether oxygens (including phenoxy) is 2. The lowest BCUT2D eigenvalue weighted by atomic mass is 10.1. The highest BCUT2D eigenvalue weighted by Gasteiger charge is 2.50. The number of rotatable bonds is 6. The molecule has 1 N–H and O–H groups in total. The molecule has 4 aromatic rings. The van der Waals surface area contributed by atoms with Crippen LogP contribution in [0, 0.1) is 18.8 Å². The highest BCUT2D eigenvalue weighted by Crippen LogP contribution is 2.41. The molecule has 1 saturated heterocycles. The third kappa shape index (κ3) is 4.59. The molecule has 7 rings (SSSR count). The summed E-state index contributed by atoms with van der Waals surface area (Å²) in [6, 6.07) is 12.4. The first kappa shape index (κ1) is 26.9. The molecule has 2 unspecified atom stereocenters. The number of fused-ring (bicyclic) bond motifs is 4. The van der Waals surface area contributed by atoms with Crippen molar-refractivity contribution in [2.75, 3.05) is 13.7 Å². The molecule has 2 aliphatic carbocycles. The Labute approximate surface area is 245 Å². The summed E-state index contributed by atoms with van der Waals surface area (Å²) < 4.78 is 15.6. The summed E-state index contributed by atoms with van der Waals surface area (Å²) >= 11 is 0. The van der Waals surface area contributed by atoms with Crippen LogP contribution in [0.2, 0.25) is 0 Å². The minimum absolute atomic E-state index is 0.0650. The largest absolute Gasteiger partial charge is 0.494 e. The average molecular weight is 570 g/mol. The highest BCUT2D eigenvalue weighted by atomic mass is 16.6. The van der Waals surface area contributed by atoms with Crippen molar-refractivity contribution in [1.29, 1.82) is 0 Å². The van der Waals surface area contributed by atoms with E-state index in [-0.39, 0.29) is 23.9 Å².